The average Bonchev–Trinajstić information content (AvgIpc) is 2.95. The minimum Gasteiger partial charge on any atom is -0.493 e. The number of aromatic nitrogens is 2. The topological polar surface area (TPSA) is 74.2 Å². The van der Waals surface area contributed by atoms with Crippen LogP contribution in [0.1, 0.15) is 25.7 Å². The van der Waals surface area contributed by atoms with Crippen LogP contribution in [0.25, 0.3) is 11.4 Å². The van der Waals surface area contributed by atoms with Crippen LogP contribution in [0, 0.1) is 0 Å². The van der Waals surface area contributed by atoms with Gasteiger partial charge in [-0.25, -0.2) is 0 Å². The fourth-order valence-electron chi connectivity index (χ4n) is 1.82. The molecular formula is C13H15N3O2. The van der Waals surface area contributed by atoms with Crippen LogP contribution in [0.4, 0.5) is 0 Å². The van der Waals surface area contributed by atoms with Gasteiger partial charge >= 0.3 is 0 Å². The molecule has 1 aromatic heterocycles. The molecule has 1 aliphatic carbocycles. The molecule has 1 saturated carbocycles. The lowest BCUT2D eigenvalue weighted by Gasteiger charge is -2.06. The van der Waals surface area contributed by atoms with Crippen LogP contribution in [-0.2, 0) is 5.54 Å². The maximum atomic E-state index is 6.03. The molecule has 2 aromatic rings. The summed E-state index contributed by atoms with van der Waals surface area (Å²) in [6.07, 6.45) is 1.81. The Morgan fingerprint density at radius 1 is 1.39 bits per heavy atom. The molecule has 0 spiro atoms. The van der Waals surface area contributed by atoms with E-state index in [1.54, 1.807) is 0 Å². The second kappa shape index (κ2) is 4.10. The largest absolute Gasteiger partial charge is 0.493 e. The van der Waals surface area contributed by atoms with E-state index in [0.717, 1.165) is 24.2 Å². The minimum absolute atomic E-state index is 0.397. The smallest absolute Gasteiger partial charge is 0.247 e. The Morgan fingerprint density at radius 2 is 2.17 bits per heavy atom. The van der Waals surface area contributed by atoms with Crippen molar-refractivity contribution in [2.45, 2.75) is 25.3 Å². The summed E-state index contributed by atoms with van der Waals surface area (Å²) < 4.78 is 10.8. The SMILES string of the molecule is CCOc1ccccc1-c1noc(C2(N)CC2)n1. The van der Waals surface area contributed by atoms with Crippen LogP contribution in [0.2, 0.25) is 0 Å². The molecule has 1 heterocycles. The molecule has 2 N–H and O–H groups in total. The van der Waals surface area contributed by atoms with E-state index in [-0.39, 0.29) is 0 Å². The van der Waals surface area contributed by atoms with Gasteiger partial charge in [0.1, 0.15) is 5.75 Å². The van der Waals surface area contributed by atoms with Gasteiger partial charge in [-0.1, -0.05) is 17.3 Å². The number of benzene rings is 1. The molecule has 0 saturated heterocycles. The zero-order chi connectivity index (χ0) is 12.6. The Morgan fingerprint density at radius 3 is 2.89 bits per heavy atom. The zero-order valence-electron chi connectivity index (χ0n) is 10.2. The van der Waals surface area contributed by atoms with E-state index in [2.05, 4.69) is 10.1 Å². The third-order valence-electron chi connectivity index (χ3n) is 3.07. The monoisotopic (exact) mass is 245 g/mol. The molecule has 18 heavy (non-hydrogen) atoms. The Kier molecular flexibility index (Phi) is 2.56. The molecule has 0 amide bonds. The first-order valence-electron chi connectivity index (χ1n) is 6.08. The van der Waals surface area contributed by atoms with Gasteiger partial charge in [-0.05, 0) is 31.9 Å². The van der Waals surface area contributed by atoms with E-state index >= 15 is 0 Å². The lowest BCUT2D eigenvalue weighted by atomic mass is 10.2. The highest BCUT2D eigenvalue weighted by molar-refractivity contribution is 5.63. The Hall–Kier alpha value is -1.88. The normalized spacial score (nSPS) is 16.6. The van der Waals surface area contributed by atoms with E-state index in [0.29, 0.717) is 18.3 Å². The number of nitrogens with two attached hydrogens (primary N) is 1. The third-order valence-corrected chi connectivity index (χ3v) is 3.07. The highest BCUT2D eigenvalue weighted by atomic mass is 16.5. The summed E-state index contributed by atoms with van der Waals surface area (Å²) in [6.45, 7) is 2.54. The predicted octanol–water partition coefficient (Wildman–Crippen LogP) is 2.08. The molecule has 0 aliphatic heterocycles. The first-order chi connectivity index (χ1) is 8.73. The lowest BCUT2D eigenvalue weighted by molar-refractivity contribution is 0.339. The van der Waals surface area contributed by atoms with Gasteiger partial charge in [-0.2, -0.15) is 4.98 Å². The quantitative estimate of drug-likeness (QED) is 0.892. The van der Waals surface area contributed by atoms with Crippen LogP contribution < -0.4 is 10.5 Å². The summed E-state index contributed by atoms with van der Waals surface area (Å²) in [5.41, 5.74) is 6.46. The summed E-state index contributed by atoms with van der Waals surface area (Å²) >= 11 is 0. The van der Waals surface area contributed by atoms with Gasteiger partial charge in [0.15, 0.2) is 0 Å². The van der Waals surface area contributed by atoms with Crippen molar-refractivity contribution in [3.63, 3.8) is 0 Å². The third kappa shape index (κ3) is 1.86. The van der Waals surface area contributed by atoms with E-state index in [4.69, 9.17) is 15.0 Å². The van der Waals surface area contributed by atoms with E-state index in [9.17, 15) is 0 Å². The van der Waals surface area contributed by atoms with Crippen molar-refractivity contribution in [1.82, 2.24) is 10.1 Å². The van der Waals surface area contributed by atoms with Crippen molar-refractivity contribution >= 4 is 0 Å². The molecule has 0 unspecified atom stereocenters. The first-order valence-corrected chi connectivity index (χ1v) is 6.08. The molecule has 1 fully saturated rings. The molecule has 94 valence electrons. The maximum Gasteiger partial charge on any atom is 0.247 e. The van der Waals surface area contributed by atoms with Crippen molar-refractivity contribution in [2.24, 2.45) is 5.73 Å². The van der Waals surface area contributed by atoms with Crippen molar-refractivity contribution < 1.29 is 9.26 Å². The first kappa shape index (κ1) is 11.2. The Balaban J connectivity index is 1.97. The molecule has 0 bridgehead atoms. The summed E-state index contributed by atoms with van der Waals surface area (Å²) in [4.78, 5) is 4.37. The van der Waals surface area contributed by atoms with Gasteiger partial charge in [0.25, 0.3) is 0 Å². The Bertz CT molecular complexity index is 561. The molecule has 5 nitrogen and oxygen atoms in total. The fraction of sp³-hybridized carbons (Fsp3) is 0.385. The average molecular weight is 245 g/mol. The van der Waals surface area contributed by atoms with Gasteiger partial charge < -0.3 is 15.0 Å². The van der Waals surface area contributed by atoms with E-state index in [1.165, 1.54) is 0 Å². The van der Waals surface area contributed by atoms with Gasteiger partial charge in [0.2, 0.25) is 11.7 Å². The number of rotatable bonds is 4. The van der Waals surface area contributed by atoms with Crippen LogP contribution in [0.3, 0.4) is 0 Å². The van der Waals surface area contributed by atoms with Crippen molar-refractivity contribution in [1.29, 1.82) is 0 Å². The maximum absolute atomic E-state index is 6.03. The van der Waals surface area contributed by atoms with Crippen molar-refractivity contribution in [3.8, 4) is 17.1 Å². The van der Waals surface area contributed by atoms with Crippen molar-refractivity contribution in [2.75, 3.05) is 6.61 Å². The Labute approximate surface area is 105 Å². The number of hydrogen-bond donors (Lipinski definition) is 1. The molecule has 0 atom stereocenters. The number of nitrogens with zero attached hydrogens (tertiary/aromatic N) is 2. The molecule has 1 aliphatic rings. The molecule has 3 rings (SSSR count). The molecule has 5 heteroatoms. The molecule has 1 aromatic carbocycles. The minimum atomic E-state index is -0.397. The number of hydrogen-bond acceptors (Lipinski definition) is 5. The number of para-hydroxylation sites is 1. The van der Waals surface area contributed by atoms with Crippen molar-refractivity contribution in [3.05, 3.63) is 30.2 Å². The van der Waals surface area contributed by atoms with Gasteiger partial charge in [-0.3, -0.25) is 0 Å². The highest BCUT2D eigenvalue weighted by Gasteiger charge is 2.45. The number of ether oxygens (including phenoxy) is 1. The fourth-order valence-corrected chi connectivity index (χ4v) is 1.82. The summed E-state index contributed by atoms with van der Waals surface area (Å²) in [5, 5.41) is 3.99. The second-order valence-electron chi connectivity index (χ2n) is 4.51. The zero-order valence-corrected chi connectivity index (χ0v) is 10.2. The standard InChI is InChI=1S/C13H15N3O2/c1-2-17-10-6-4-3-5-9(10)11-15-12(18-16-11)13(14)7-8-13/h3-6H,2,7-8,14H2,1H3. The van der Waals surface area contributed by atoms with Crippen LogP contribution in [0.15, 0.2) is 28.8 Å². The molecular weight excluding hydrogens is 230 g/mol. The van der Waals surface area contributed by atoms with Gasteiger partial charge in [0, 0.05) is 0 Å². The van der Waals surface area contributed by atoms with Gasteiger partial charge in [0.05, 0.1) is 17.7 Å². The van der Waals surface area contributed by atoms with Crippen LogP contribution in [0.5, 0.6) is 5.75 Å². The van der Waals surface area contributed by atoms with E-state index in [1.807, 2.05) is 31.2 Å². The van der Waals surface area contributed by atoms with Gasteiger partial charge in [-0.15, -0.1) is 0 Å². The molecule has 0 radical (unpaired) electrons. The van der Waals surface area contributed by atoms with Crippen LogP contribution in [-0.4, -0.2) is 16.7 Å². The van der Waals surface area contributed by atoms with E-state index < -0.39 is 5.54 Å². The summed E-state index contributed by atoms with van der Waals surface area (Å²) in [5.74, 6) is 1.81. The second-order valence-corrected chi connectivity index (χ2v) is 4.51. The van der Waals surface area contributed by atoms with Crippen LogP contribution >= 0.6 is 0 Å². The summed E-state index contributed by atoms with van der Waals surface area (Å²) in [6, 6.07) is 7.64. The summed E-state index contributed by atoms with van der Waals surface area (Å²) in [7, 11) is 0. The highest BCUT2D eigenvalue weighted by Crippen LogP contribution is 2.42. The predicted molar refractivity (Wildman–Crippen MR) is 66.0 cm³/mol. The lowest BCUT2D eigenvalue weighted by Crippen LogP contribution is -2.18.